The number of rotatable bonds is 3. The Morgan fingerprint density at radius 2 is 1.69 bits per heavy atom. The number of aromatic amines is 1. The van der Waals surface area contributed by atoms with Gasteiger partial charge in [-0.2, -0.15) is 0 Å². The largest absolute Gasteiger partial charge is 0.340 e. The van der Waals surface area contributed by atoms with E-state index in [0.29, 0.717) is 0 Å². The Morgan fingerprint density at radius 1 is 1.04 bits per heavy atom. The maximum absolute atomic E-state index is 13.4. The second-order valence-electron chi connectivity index (χ2n) is 7.01. The predicted octanol–water partition coefficient (Wildman–Crippen LogP) is 3.16. The Morgan fingerprint density at radius 3 is 2.35 bits per heavy atom. The molecule has 1 saturated heterocycles. The SMILES string of the molecule is CN1CCC(N)(c2nc(-c3ccc(F)cc3)c(-c3ccncc3)[nH]2)CC1. The topological polar surface area (TPSA) is 70.8 Å². The minimum atomic E-state index is -0.480. The van der Waals surface area contributed by atoms with Gasteiger partial charge in [-0.3, -0.25) is 4.98 Å². The molecule has 0 bridgehead atoms. The van der Waals surface area contributed by atoms with Gasteiger partial charge in [0, 0.05) is 36.6 Å². The van der Waals surface area contributed by atoms with Crippen LogP contribution in [0.3, 0.4) is 0 Å². The van der Waals surface area contributed by atoms with E-state index in [9.17, 15) is 4.39 Å². The molecule has 3 aromatic rings. The quantitative estimate of drug-likeness (QED) is 0.760. The zero-order valence-electron chi connectivity index (χ0n) is 14.7. The van der Waals surface area contributed by atoms with Gasteiger partial charge in [-0.25, -0.2) is 9.37 Å². The van der Waals surface area contributed by atoms with Gasteiger partial charge in [0.2, 0.25) is 0 Å². The molecule has 4 rings (SSSR count). The van der Waals surface area contributed by atoms with Crippen LogP contribution in [0.2, 0.25) is 0 Å². The summed E-state index contributed by atoms with van der Waals surface area (Å²) >= 11 is 0. The molecule has 0 aliphatic carbocycles. The second-order valence-corrected chi connectivity index (χ2v) is 7.01. The van der Waals surface area contributed by atoms with Crippen molar-refractivity contribution in [3.05, 3.63) is 60.4 Å². The molecule has 3 N–H and O–H groups in total. The first-order valence-corrected chi connectivity index (χ1v) is 8.79. The van der Waals surface area contributed by atoms with Gasteiger partial charge in [0.25, 0.3) is 0 Å². The number of nitrogens with one attached hydrogen (secondary N) is 1. The summed E-state index contributed by atoms with van der Waals surface area (Å²) in [5, 5.41) is 0. The number of aromatic nitrogens is 3. The lowest BCUT2D eigenvalue weighted by Crippen LogP contribution is -2.47. The Balaban J connectivity index is 1.81. The summed E-state index contributed by atoms with van der Waals surface area (Å²) in [6, 6.07) is 10.3. The first-order chi connectivity index (χ1) is 12.5. The zero-order valence-corrected chi connectivity index (χ0v) is 14.7. The van der Waals surface area contributed by atoms with Crippen molar-refractivity contribution in [2.75, 3.05) is 20.1 Å². The first-order valence-electron chi connectivity index (χ1n) is 8.79. The summed E-state index contributed by atoms with van der Waals surface area (Å²) in [5.74, 6) is 0.525. The fourth-order valence-electron chi connectivity index (χ4n) is 3.41. The van der Waals surface area contributed by atoms with Gasteiger partial charge < -0.3 is 15.6 Å². The molecule has 0 spiro atoms. The molecule has 26 heavy (non-hydrogen) atoms. The fourth-order valence-corrected chi connectivity index (χ4v) is 3.41. The van der Waals surface area contributed by atoms with E-state index in [0.717, 1.165) is 54.3 Å². The number of hydrogen-bond acceptors (Lipinski definition) is 4. The standard InChI is InChI=1S/C20H22FN5/c1-26-12-8-20(22,9-13-26)19-24-17(14-2-4-16(21)5-3-14)18(25-19)15-6-10-23-11-7-15/h2-7,10-11H,8-9,12-13,22H2,1H3,(H,24,25). The Kier molecular flexibility index (Phi) is 4.30. The van der Waals surface area contributed by atoms with Crippen molar-refractivity contribution in [2.45, 2.75) is 18.4 Å². The Bertz CT molecular complexity index is 880. The third-order valence-corrected chi connectivity index (χ3v) is 5.14. The molecular weight excluding hydrogens is 329 g/mol. The summed E-state index contributed by atoms with van der Waals surface area (Å²) in [7, 11) is 2.11. The van der Waals surface area contributed by atoms with Gasteiger partial charge in [-0.15, -0.1) is 0 Å². The van der Waals surface area contributed by atoms with Crippen LogP contribution in [0.25, 0.3) is 22.5 Å². The van der Waals surface area contributed by atoms with Gasteiger partial charge >= 0.3 is 0 Å². The summed E-state index contributed by atoms with van der Waals surface area (Å²) in [5.41, 5.74) is 9.75. The molecule has 5 nitrogen and oxygen atoms in total. The van der Waals surface area contributed by atoms with Crippen LogP contribution in [-0.4, -0.2) is 40.0 Å². The van der Waals surface area contributed by atoms with Crippen LogP contribution in [0.5, 0.6) is 0 Å². The highest BCUT2D eigenvalue weighted by molar-refractivity contribution is 5.78. The molecule has 1 aliphatic rings. The lowest BCUT2D eigenvalue weighted by molar-refractivity contribution is 0.185. The number of benzene rings is 1. The minimum absolute atomic E-state index is 0.263. The van der Waals surface area contributed by atoms with Gasteiger partial charge in [-0.05, 0) is 56.3 Å². The van der Waals surface area contributed by atoms with Crippen LogP contribution in [0.15, 0.2) is 48.8 Å². The maximum Gasteiger partial charge on any atom is 0.127 e. The van der Waals surface area contributed by atoms with Crippen molar-refractivity contribution >= 4 is 0 Å². The summed E-state index contributed by atoms with van der Waals surface area (Å²) in [6.45, 7) is 1.88. The lowest BCUT2D eigenvalue weighted by atomic mass is 9.88. The molecule has 2 aromatic heterocycles. The van der Waals surface area contributed by atoms with Crippen molar-refractivity contribution in [1.82, 2.24) is 19.9 Å². The molecule has 0 radical (unpaired) electrons. The average Bonchev–Trinajstić information content (AvgIpc) is 3.12. The van der Waals surface area contributed by atoms with E-state index in [1.165, 1.54) is 12.1 Å². The van der Waals surface area contributed by atoms with Crippen molar-refractivity contribution in [3.63, 3.8) is 0 Å². The number of H-pyrrole nitrogens is 1. The van der Waals surface area contributed by atoms with Crippen molar-refractivity contribution in [2.24, 2.45) is 5.73 Å². The van der Waals surface area contributed by atoms with Gasteiger partial charge in [-0.1, -0.05) is 0 Å². The van der Waals surface area contributed by atoms with Crippen LogP contribution in [-0.2, 0) is 5.54 Å². The van der Waals surface area contributed by atoms with E-state index >= 15 is 0 Å². The number of halogens is 1. The molecule has 0 amide bonds. The van der Waals surface area contributed by atoms with E-state index in [2.05, 4.69) is 21.9 Å². The molecule has 134 valence electrons. The number of likely N-dealkylation sites (tertiary alicyclic amines) is 1. The summed E-state index contributed by atoms with van der Waals surface area (Å²) < 4.78 is 13.4. The van der Waals surface area contributed by atoms with Crippen LogP contribution in [0.1, 0.15) is 18.7 Å². The Hall–Kier alpha value is -2.57. The van der Waals surface area contributed by atoms with E-state index < -0.39 is 5.54 Å². The van der Waals surface area contributed by atoms with Crippen molar-refractivity contribution in [1.29, 1.82) is 0 Å². The zero-order chi connectivity index (χ0) is 18.1. The number of hydrogen-bond donors (Lipinski definition) is 2. The number of pyridine rings is 1. The van der Waals surface area contributed by atoms with Gasteiger partial charge in [0.05, 0.1) is 16.9 Å². The molecule has 0 saturated carbocycles. The third kappa shape index (κ3) is 3.13. The Labute approximate surface area is 152 Å². The fraction of sp³-hybridized carbons (Fsp3) is 0.300. The molecule has 6 heteroatoms. The van der Waals surface area contributed by atoms with Gasteiger partial charge in [0.1, 0.15) is 11.6 Å². The first kappa shape index (κ1) is 16.9. The average molecular weight is 351 g/mol. The maximum atomic E-state index is 13.4. The van der Waals surface area contributed by atoms with Crippen LogP contribution in [0, 0.1) is 5.82 Å². The highest BCUT2D eigenvalue weighted by Gasteiger charge is 2.35. The summed E-state index contributed by atoms with van der Waals surface area (Å²) in [6.07, 6.45) is 5.18. The molecule has 0 atom stereocenters. The lowest BCUT2D eigenvalue weighted by Gasteiger charge is -2.36. The highest BCUT2D eigenvalue weighted by atomic mass is 19.1. The van der Waals surface area contributed by atoms with Crippen LogP contribution in [0.4, 0.5) is 4.39 Å². The third-order valence-electron chi connectivity index (χ3n) is 5.14. The second kappa shape index (κ2) is 6.63. The molecule has 3 heterocycles. The van der Waals surface area contributed by atoms with Crippen molar-refractivity contribution in [3.8, 4) is 22.5 Å². The minimum Gasteiger partial charge on any atom is -0.340 e. The molecular formula is C20H22FN5. The number of nitrogens with two attached hydrogens (primary N) is 1. The monoisotopic (exact) mass is 351 g/mol. The van der Waals surface area contributed by atoms with Crippen LogP contribution < -0.4 is 5.73 Å². The smallest absolute Gasteiger partial charge is 0.127 e. The number of piperidine rings is 1. The summed E-state index contributed by atoms with van der Waals surface area (Å²) in [4.78, 5) is 14.7. The number of imidazole rings is 1. The molecule has 1 fully saturated rings. The van der Waals surface area contributed by atoms with Crippen molar-refractivity contribution < 1.29 is 4.39 Å². The van der Waals surface area contributed by atoms with E-state index in [1.54, 1.807) is 24.5 Å². The van der Waals surface area contributed by atoms with E-state index in [-0.39, 0.29) is 5.82 Å². The van der Waals surface area contributed by atoms with E-state index in [1.807, 2.05) is 12.1 Å². The molecule has 1 aromatic carbocycles. The highest BCUT2D eigenvalue weighted by Crippen LogP contribution is 2.35. The normalized spacial score (nSPS) is 17.3. The molecule has 0 unspecified atom stereocenters. The number of nitrogens with zero attached hydrogens (tertiary/aromatic N) is 3. The van der Waals surface area contributed by atoms with Gasteiger partial charge in [0.15, 0.2) is 0 Å². The predicted molar refractivity (Wildman–Crippen MR) is 99.8 cm³/mol. The molecule has 1 aliphatic heterocycles. The van der Waals surface area contributed by atoms with E-state index in [4.69, 9.17) is 10.7 Å². The van der Waals surface area contributed by atoms with Crippen LogP contribution >= 0.6 is 0 Å².